The first-order valence-electron chi connectivity index (χ1n) is 6.55. The van der Waals surface area contributed by atoms with Gasteiger partial charge in [0.2, 0.25) is 0 Å². The van der Waals surface area contributed by atoms with Crippen molar-refractivity contribution >= 4 is 16.9 Å². The van der Waals surface area contributed by atoms with Crippen molar-refractivity contribution in [3.05, 3.63) is 65.6 Å². The molecule has 3 rings (SSSR count). The standard InChI is InChI=1S/C16H14N2O3/c19-16(20)14-6-13-12(7-17-15(13)8-18-14)10-21-9-11-4-2-1-3-5-11/h1-8,17H,9-10H2,(H,19,20). The molecule has 106 valence electrons. The molecule has 0 aliphatic rings. The molecule has 0 spiro atoms. The van der Waals surface area contributed by atoms with E-state index in [1.165, 1.54) is 6.20 Å². The number of carboxylic acid groups (broad SMARTS) is 1. The van der Waals surface area contributed by atoms with E-state index in [1.807, 2.05) is 36.5 Å². The number of H-pyrrole nitrogens is 1. The Balaban J connectivity index is 1.74. The van der Waals surface area contributed by atoms with Gasteiger partial charge >= 0.3 is 5.97 Å². The van der Waals surface area contributed by atoms with Crippen LogP contribution in [0.2, 0.25) is 0 Å². The van der Waals surface area contributed by atoms with Gasteiger partial charge in [0.1, 0.15) is 5.69 Å². The number of rotatable bonds is 5. The number of hydrogen-bond donors (Lipinski definition) is 2. The zero-order chi connectivity index (χ0) is 14.7. The molecule has 0 unspecified atom stereocenters. The third-order valence-corrected chi connectivity index (χ3v) is 3.24. The van der Waals surface area contributed by atoms with E-state index in [2.05, 4.69) is 9.97 Å². The van der Waals surface area contributed by atoms with E-state index in [1.54, 1.807) is 6.07 Å². The Morgan fingerprint density at radius 2 is 2.05 bits per heavy atom. The van der Waals surface area contributed by atoms with Crippen LogP contribution in [0.15, 0.2) is 48.8 Å². The zero-order valence-electron chi connectivity index (χ0n) is 11.2. The number of carboxylic acids is 1. The summed E-state index contributed by atoms with van der Waals surface area (Å²) in [5.41, 5.74) is 2.86. The predicted octanol–water partition coefficient (Wildman–Crippen LogP) is 2.98. The molecule has 0 bridgehead atoms. The fourth-order valence-corrected chi connectivity index (χ4v) is 2.17. The Kier molecular flexibility index (Phi) is 3.66. The van der Waals surface area contributed by atoms with E-state index >= 15 is 0 Å². The maximum atomic E-state index is 11.0. The van der Waals surface area contributed by atoms with Crippen molar-refractivity contribution in [3.8, 4) is 0 Å². The lowest BCUT2D eigenvalue weighted by atomic mass is 10.2. The lowest BCUT2D eigenvalue weighted by Crippen LogP contribution is -1.99. The molecule has 0 fully saturated rings. The molecule has 3 aromatic rings. The van der Waals surface area contributed by atoms with Gasteiger partial charge in [0.05, 0.1) is 24.9 Å². The fourth-order valence-electron chi connectivity index (χ4n) is 2.17. The van der Waals surface area contributed by atoms with Crippen LogP contribution in [0.3, 0.4) is 0 Å². The summed E-state index contributed by atoms with van der Waals surface area (Å²) in [5, 5.41) is 9.82. The second kappa shape index (κ2) is 5.76. The van der Waals surface area contributed by atoms with E-state index in [-0.39, 0.29) is 5.69 Å². The molecular formula is C16H14N2O3. The lowest BCUT2D eigenvalue weighted by Gasteiger charge is -2.04. The molecule has 2 heterocycles. The smallest absolute Gasteiger partial charge is 0.354 e. The Bertz CT molecular complexity index is 766. The largest absolute Gasteiger partial charge is 0.477 e. The summed E-state index contributed by atoms with van der Waals surface area (Å²) in [4.78, 5) is 17.9. The first-order valence-corrected chi connectivity index (χ1v) is 6.55. The molecular weight excluding hydrogens is 268 g/mol. The van der Waals surface area contributed by atoms with E-state index in [4.69, 9.17) is 9.84 Å². The Morgan fingerprint density at radius 1 is 1.24 bits per heavy atom. The summed E-state index contributed by atoms with van der Waals surface area (Å²) < 4.78 is 5.68. The SMILES string of the molecule is O=C(O)c1cc2c(COCc3ccccc3)c[nH]c2cn1. The maximum absolute atomic E-state index is 11.0. The number of fused-ring (bicyclic) bond motifs is 1. The zero-order valence-corrected chi connectivity index (χ0v) is 11.2. The van der Waals surface area contributed by atoms with Crippen LogP contribution in [0.4, 0.5) is 0 Å². The number of benzene rings is 1. The van der Waals surface area contributed by atoms with Crippen molar-refractivity contribution in [1.82, 2.24) is 9.97 Å². The van der Waals surface area contributed by atoms with Crippen molar-refractivity contribution in [2.75, 3.05) is 0 Å². The minimum atomic E-state index is -1.03. The molecule has 2 aromatic heterocycles. The second-order valence-corrected chi connectivity index (χ2v) is 4.71. The van der Waals surface area contributed by atoms with Gasteiger partial charge in [-0.1, -0.05) is 30.3 Å². The van der Waals surface area contributed by atoms with Gasteiger partial charge in [0.25, 0.3) is 0 Å². The minimum Gasteiger partial charge on any atom is -0.477 e. The van der Waals surface area contributed by atoms with Crippen LogP contribution in [-0.4, -0.2) is 21.0 Å². The highest BCUT2D eigenvalue weighted by Gasteiger charge is 2.09. The number of aromatic amines is 1. The number of aromatic nitrogens is 2. The molecule has 5 heteroatoms. The lowest BCUT2D eigenvalue weighted by molar-refractivity contribution is 0.0690. The highest BCUT2D eigenvalue weighted by atomic mass is 16.5. The normalized spacial score (nSPS) is 10.9. The molecule has 21 heavy (non-hydrogen) atoms. The van der Waals surface area contributed by atoms with E-state index in [0.29, 0.717) is 13.2 Å². The molecule has 5 nitrogen and oxygen atoms in total. The van der Waals surface area contributed by atoms with Gasteiger partial charge in [-0.2, -0.15) is 0 Å². The minimum absolute atomic E-state index is 0.0337. The van der Waals surface area contributed by atoms with E-state index in [9.17, 15) is 4.79 Å². The number of hydrogen-bond acceptors (Lipinski definition) is 3. The van der Waals surface area contributed by atoms with Crippen LogP contribution in [0, 0.1) is 0 Å². The molecule has 2 N–H and O–H groups in total. The first kappa shape index (κ1) is 13.3. The number of ether oxygens (including phenoxy) is 1. The summed E-state index contributed by atoms with van der Waals surface area (Å²) >= 11 is 0. The third kappa shape index (κ3) is 2.93. The van der Waals surface area contributed by atoms with Gasteiger partial charge in [-0.3, -0.25) is 0 Å². The summed E-state index contributed by atoms with van der Waals surface area (Å²) in [6, 6.07) is 11.5. The first-order chi connectivity index (χ1) is 10.2. The Morgan fingerprint density at radius 3 is 2.81 bits per heavy atom. The van der Waals surface area contributed by atoms with Crippen LogP contribution >= 0.6 is 0 Å². The molecule has 0 radical (unpaired) electrons. The Labute approximate surface area is 121 Å². The summed E-state index contributed by atoms with van der Waals surface area (Å²) in [6.45, 7) is 0.933. The monoisotopic (exact) mass is 282 g/mol. The number of carbonyl (C=O) groups is 1. The predicted molar refractivity (Wildman–Crippen MR) is 78.0 cm³/mol. The number of aromatic carboxylic acids is 1. The molecule has 0 aliphatic heterocycles. The quantitative estimate of drug-likeness (QED) is 0.754. The van der Waals surface area contributed by atoms with Crippen LogP contribution < -0.4 is 0 Å². The second-order valence-electron chi connectivity index (χ2n) is 4.71. The van der Waals surface area contributed by atoms with Crippen molar-refractivity contribution in [2.45, 2.75) is 13.2 Å². The number of pyridine rings is 1. The number of nitrogens with zero attached hydrogens (tertiary/aromatic N) is 1. The highest BCUT2D eigenvalue weighted by Crippen LogP contribution is 2.19. The average molecular weight is 282 g/mol. The summed E-state index contributed by atoms with van der Waals surface area (Å²) in [7, 11) is 0. The average Bonchev–Trinajstić information content (AvgIpc) is 2.91. The van der Waals surface area contributed by atoms with Crippen LogP contribution in [-0.2, 0) is 18.0 Å². The van der Waals surface area contributed by atoms with Gasteiger partial charge in [-0.25, -0.2) is 9.78 Å². The van der Waals surface area contributed by atoms with Crippen molar-refractivity contribution in [2.24, 2.45) is 0 Å². The highest BCUT2D eigenvalue weighted by molar-refractivity contribution is 5.92. The third-order valence-electron chi connectivity index (χ3n) is 3.24. The number of nitrogens with one attached hydrogen (secondary N) is 1. The molecule has 0 saturated heterocycles. The van der Waals surface area contributed by atoms with E-state index < -0.39 is 5.97 Å². The van der Waals surface area contributed by atoms with Crippen LogP contribution in [0.25, 0.3) is 10.9 Å². The van der Waals surface area contributed by atoms with Gasteiger partial charge < -0.3 is 14.8 Å². The molecule has 1 aromatic carbocycles. The van der Waals surface area contributed by atoms with Gasteiger partial charge in [0, 0.05) is 17.1 Å². The van der Waals surface area contributed by atoms with Crippen LogP contribution in [0.5, 0.6) is 0 Å². The fraction of sp³-hybridized carbons (Fsp3) is 0.125. The van der Waals surface area contributed by atoms with Crippen molar-refractivity contribution in [3.63, 3.8) is 0 Å². The van der Waals surface area contributed by atoms with Gasteiger partial charge in [-0.05, 0) is 11.6 Å². The topological polar surface area (TPSA) is 75.2 Å². The van der Waals surface area contributed by atoms with Crippen molar-refractivity contribution < 1.29 is 14.6 Å². The molecule has 0 atom stereocenters. The van der Waals surface area contributed by atoms with Gasteiger partial charge in [0.15, 0.2) is 0 Å². The summed E-state index contributed by atoms with van der Waals surface area (Å²) in [5.74, 6) is -1.03. The van der Waals surface area contributed by atoms with Crippen molar-refractivity contribution in [1.29, 1.82) is 0 Å². The van der Waals surface area contributed by atoms with Gasteiger partial charge in [-0.15, -0.1) is 0 Å². The Hall–Kier alpha value is -2.66. The molecule has 0 saturated carbocycles. The maximum Gasteiger partial charge on any atom is 0.354 e. The summed E-state index contributed by atoms with van der Waals surface area (Å²) in [6.07, 6.45) is 3.35. The van der Waals surface area contributed by atoms with E-state index in [0.717, 1.165) is 22.0 Å². The molecule has 0 aliphatic carbocycles. The molecule has 0 amide bonds. The van der Waals surface area contributed by atoms with Crippen LogP contribution in [0.1, 0.15) is 21.6 Å².